The van der Waals surface area contributed by atoms with E-state index in [9.17, 15) is 4.79 Å². The second-order valence-electron chi connectivity index (χ2n) is 5.43. The summed E-state index contributed by atoms with van der Waals surface area (Å²) in [6.07, 6.45) is 4.28. The zero-order valence-electron chi connectivity index (χ0n) is 12.3. The highest BCUT2D eigenvalue weighted by Gasteiger charge is 2.28. The summed E-state index contributed by atoms with van der Waals surface area (Å²) in [7, 11) is 0. The van der Waals surface area contributed by atoms with Crippen molar-refractivity contribution in [1.82, 2.24) is 4.90 Å². The summed E-state index contributed by atoms with van der Waals surface area (Å²) in [5.41, 5.74) is 7.50. The summed E-state index contributed by atoms with van der Waals surface area (Å²) in [6, 6.07) is 8.43. The number of nitrogens with two attached hydrogens (primary N) is 1. The molecule has 0 aliphatic heterocycles. The van der Waals surface area contributed by atoms with Crippen LogP contribution in [-0.2, 0) is 11.3 Å². The van der Waals surface area contributed by atoms with Gasteiger partial charge in [0.15, 0.2) is 0 Å². The summed E-state index contributed by atoms with van der Waals surface area (Å²) in [6.45, 7) is 4.58. The Hall–Kier alpha value is -1.39. The number of hydrogen-bond donors (Lipinski definition) is 2. The molecule has 0 saturated heterocycles. The largest absolute Gasteiger partial charge is 0.326 e. The van der Waals surface area contributed by atoms with Crippen LogP contribution in [0.3, 0.4) is 0 Å². The van der Waals surface area contributed by atoms with Crippen LogP contribution in [0.5, 0.6) is 0 Å². The van der Waals surface area contributed by atoms with Gasteiger partial charge in [-0.25, -0.2) is 0 Å². The lowest BCUT2D eigenvalue weighted by Crippen LogP contribution is -2.30. The molecule has 3 N–H and O–H groups in total. The van der Waals surface area contributed by atoms with E-state index in [-0.39, 0.29) is 5.91 Å². The molecule has 1 aromatic carbocycles. The number of carbonyl (C=O) groups excluding carboxylic acids is 1. The number of benzene rings is 1. The van der Waals surface area contributed by atoms with Crippen LogP contribution in [0.2, 0.25) is 0 Å². The standard InChI is InChI=1S/C16H25N3O/c1-2-10-19(14-7-8-14)11-9-16(20)18-15-6-4-3-5-13(15)12-17/h3-6,14H,2,7-12,17H2,1H3,(H,18,20). The smallest absolute Gasteiger partial charge is 0.225 e. The Morgan fingerprint density at radius 3 is 2.75 bits per heavy atom. The molecule has 1 aliphatic rings. The van der Waals surface area contributed by atoms with Gasteiger partial charge >= 0.3 is 0 Å². The molecule has 110 valence electrons. The van der Waals surface area contributed by atoms with Gasteiger partial charge in [0.1, 0.15) is 0 Å². The van der Waals surface area contributed by atoms with Gasteiger partial charge in [-0.3, -0.25) is 9.69 Å². The van der Waals surface area contributed by atoms with Crippen molar-refractivity contribution in [3.63, 3.8) is 0 Å². The SMILES string of the molecule is CCCN(CCC(=O)Nc1ccccc1CN)C1CC1. The molecule has 0 radical (unpaired) electrons. The average molecular weight is 275 g/mol. The Balaban J connectivity index is 1.82. The number of amides is 1. The molecular formula is C16H25N3O. The van der Waals surface area contributed by atoms with Gasteiger partial charge < -0.3 is 11.1 Å². The summed E-state index contributed by atoms with van der Waals surface area (Å²) in [5.74, 6) is 0.0765. The van der Waals surface area contributed by atoms with E-state index < -0.39 is 0 Å². The predicted molar refractivity (Wildman–Crippen MR) is 82.5 cm³/mol. The van der Waals surface area contributed by atoms with Gasteiger partial charge in [-0.05, 0) is 37.4 Å². The van der Waals surface area contributed by atoms with Crippen LogP contribution in [0.1, 0.15) is 38.2 Å². The van der Waals surface area contributed by atoms with Crippen molar-refractivity contribution < 1.29 is 4.79 Å². The number of para-hydroxylation sites is 1. The van der Waals surface area contributed by atoms with E-state index in [1.807, 2.05) is 24.3 Å². The molecular weight excluding hydrogens is 250 g/mol. The molecule has 4 nitrogen and oxygen atoms in total. The molecule has 1 fully saturated rings. The molecule has 0 unspecified atom stereocenters. The summed E-state index contributed by atoms with van der Waals surface area (Å²) < 4.78 is 0. The number of nitrogens with one attached hydrogen (secondary N) is 1. The van der Waals surface area contributed by atoms with Crippen molar-refractivity contribution in [2.75, 3.05) is 18.4 Å². The maximum Gasteiger partial charge on any atom is 0.225 e. The summed E-state index contributed by atoms with van der Waals surface area (Å²) >= 11 is 0. The van der Waals surface area contributed by atoms with E-state index in [0.29, 0.717) is 13.0 Å². The molecule has 20 heavy (non-hydrogen) atoms. The first-order valence-corrected chi connectivity index (χ1v) is 7.56. The van der Waals surface area contributed by atoms with Gasteiger partial charge in [0.2, 0.25) is 5.91 Å². The summed E-state index contributed by atoms with van der Waals surface area (Å²) in [5, 5.41) is 2.97. The van der Waals surface area contributed by atoms with Gasteiger partial charge in [-0.15, -0.1) is 0 Å². The third-order valence-corrected chi connectivity index (χ3v) is 3.71. The van der Waals surface area contributed by atoms with Crippen LogP contribution in [0, 0.1) is 0 Å². The number of rotatable bonds is 8. The fraction of sp³-hybridized carbons (Fsp3) is 0.562. The number of nitrogens with zero attached hydrogens (tertiary/aromatic N) is 1. The molecule has 1 aromatic rings. The fourth-order valence-electron chi connectivity index (χ4n) is 2.48. The molecule has 0 spiro atoms. The van der Waals surface area contributed by atoms with Crippen LogP contribution in [0.25, 0.3) is 0 Å². The third-order valence-electron chi connectivity index (χ3n) is 3.71. The van der Waals surface area contributed by atoms with Gasteiger partial charge in [0.05, 0.1) is 0 Å². The van der Waals surface area contributed by atoms with Crippen molar-refractivity contribution >= 4 is 11.6 Å². The van der Waals surface area contributed by atoms with Crippen LogP contribution >= 0.6 is 0 Å². The molecule has 1 saturated carbocycles. The highest BCUT2D eigenvalue weighted by atomic mass is 16.1. The lowest BCUT2D eigenvalue weighted by atomic mass is 10.1. The number of anilines is 1. The van der Waals surface area contributed by atoms with E-state index >= 15 is 0 Å². The Morgan fingerprint density at radius 2 is 2.10 bits per heavy atom. The van der Waals surface area contributed by atoms with Crippen molar-refractivity contribution in [3.8, 4) is 0 Å². The van der Waals surface area contributed by atoms with E-state index in [2.05, 4.69) is 17.1 Å². The zero-order valence-corrected chi connectivity index (χ0v) is 12.3. The Morgan fingerprint density at radius 1 is 1.35 bits per heavy atom. The molecule has 0 bridgehead atoms. The van der Waals surface area contributed by atoms with Crippen LogP contribution in [0.15, 0.2) is 24.3 Å². The van der Waals surface area contributed by atoms with E-state index in [0.717, 1.165) is 36.8 Å². The van der Waals surface area contributed by atoms with Crippen molar-refractivity contribution in [3.05, 3.63) is 29.8 Å². The Bertz CT molecular complexity index is 443. The number of hydrogen-bond acceptors (Lipinski definition) is 3. The lowest BCUT2D eigenvalue weighted by molar-refractivity contribution is -0.116. The minimum atomic E-state index is 0.0765. The number of carbonyl (C=O) groups is 1. The normalized spacial score (nSPS) is 14.6. The maximum absolute atomic E-state index is 12.1. The molecule has 1 amide bonds. The topological polar surface area (TPSA) is 58.4 Å². The molecule has 2 rings (SSSR count). The molecule has 0 heterocycles. The first-order chi connectivity index (χ1) is 9.74. The van der Waals surface area contributed by atoms with Crippen LogP contribution in [0.4, 0.5) is 5.69 Å². The lowest BCUT2D eigenvalue weighted by Gasteiger charge is -2.20. The van der Waals surface area contributed by atoms with Gasteiger partial charge in [-0.1, -0.05) is 25.1 Å². The highest BCUT2D eigenvalue weighted by Crippen LogP contribution is 2.27. The van der Waals surface area contributed by atoms with Crippen molar-refractivity contribution in [2.45, 2.75) is 45.2 Å². The minimum absolute atomic E-state index is 0.0765. The molecule has 4 heteroatoms. The molecule has 0 atom stereocenters. The van der Waals surface area contributed by atoms with E-state index in [4.69, 9.17) is 5.73 Å². The third kappa shape index (κ3) is 4.32. The Kier molecular flexibility index (Phi) is 5.56. The zero-order chi connectivity index (χ0) is 14.4. The van der Waals surface area contributed by atoms with Crippen LogP contribution < -0.4 is 11.1 Å². The van der Waals surface area contributed by atoms with E-state index in [1.54, 1.807) is 0 Å². The predicted octanol–water partition coefficient (Wildman–Crippen LogP) is 2.35. The molecule has 0 aromatic heterocycles. The van der Waals surface area contributed by atoms with Crippen molar-refractivity contribution in [2.24, 2.45) is 5.73 Å². The minimum Gasteiger partial charge on any atom is -0.326 e. The first-order valence-electron chi connectivity index (χ1n) is 7.56. The average Bonchev–Trinajstić information content (AvgIpc) is 3.28. The quantitative estimate of drug-likeness (QED) is 0.765. The molecule has 1 aliphatic carbocycles. The first kappa shape index (κ1) is 15.0. The van der Waals surface area contributed by atoms with Gasteiger partial charge in [0, 0.05) is 31.2 Å². The van der Waals surface area contributed by atoms with Gasteiger partial charge in [0.25, 0.3) is 0 Å². The van der Waals surface area contributed by atoms with E-state index in [1.165, 1.54) is 12.8 Å². The van der Waals surface area contributed by atoms with Crippen molar-refractivity contribution in [1.29, 1.82) is 0 Å². The highest BCUT2D eigenvalue weighted by molar-refractivity contribution is 5.91. The van der Waals surface area contributed by atoms with Crippen LogP contribution in [-0.4, -0.2) is 29.9 Å². The fourth-order valence-corrected chi connectivity index (χ4v) is 2.48. The summed E-state index contributed by atoms with van der Waals surface area (Å²) in [4.78, 5) is 14.5. The monoisotopic (exact) mass is 275 g/mol. The second-order valence-corrected chi connectivity index (χ2v) is 5.43. The second kappa shape index (κ2) is 7.41. The Labute approximate surface area is 121 Å². The maximum atomic E-state index is 12.1. The van der Waals surface area contributed by atoms with Gasteiger partial charge in [-0.2, -0.15) is 0 Å².